The lowest BCUT2D eigenvalue weighted by Crippen LogP contribution is -2.26. The number of aromatic nitrogens is 2. The summed E-state index contributed by atoms with van der Waals surface area (Å²) < 4.78 is 4.69. The van der Waals surface area contributed by atoms with Crippen LogP contribution >= 0.6 is 0 Å². The molecule has 0 atom stereocenters. The zero-order chi connectivity index (χ0) is 7.52. The van der Waals surface area contributed by atoms with E-state index in [1.165, 1.54) is 0 Å². The van der Waals surface area contributed by atoms with E-state index < -0.39 is 0 Å². The molecule has 0 amide bonds. The van der Waals surface area contributed by atoms with Crippen LogP contribution in [-0.2, 0) is 0 Å². The second-order valence-electron chi connectivity index (χ2n) is 2.85. The molecular weight excluding hydrogens is 142 g/mol. The highest BCUT2D eigenvalue weighted by Crippen LogP contribution is 2.22. The van der Waals surface area contributed by atoms with E-state index in [1.807, 2.05) is 0 Å². The van der Waals surface area contributed by atoms with E-state index >= 15 is 0 Å². The lowest BCUT2D eigenvalue weighted by Gasteiger charge is -2.19. The van der Waals surface area contributed by atoms with Crippen LogP contribution in [0.2, 0.25) is 0 Å². The van der Waals surface area contributed by atoms with E-state index in [-0.39, 0.29) is 0 Å². The van der Waals surface area contributed by atoms with Gasteiger partial charge in [-0.25, -0.2) is 0 Å². The number of rotatable bonds is 1. The van der Waals surface area contributed by atoms with E-state index in [0.717, 1.165) is 31.6 Å². The van der Waals surface area contributed by atoms with Crippen molar-refractivity contribution in [3.8, 4) is 0 Å². The molecule has 0 radical (unpaired) electrons. The van der Waals surface area contributed by atoms with Gasteiger partial charge in [0.25, 0.3) is 0 Å². The van der Waals surface area contributed by atoms with Gasteiger partial charge in [-0.3, -0.25) is 0 Å². The molecule has 1 aromatic rings. The van der Waals surface area contributed by atoms with Crippen LogP contribution in [0, 0.1) is 0 Å². The predicted octanol–water partition coefficient (Wildman–Crippen LogP) is 0.537. The third kappa shape index (κ3) is 1.40. The molecule has 1 N–H and O–H groups in total. The fourth-order valence-corrected chi connectivity index (χ4v) is 1.47. The molecule has 1 aliphatic heterocycles. The largest absolute Gasteiger partial charge is 0.345 e. The Kier molecular flexibility index (Phi) is 1.85. The van der Waals surface area contributed by atoms with Crippen LogP contribution in [0.3, 0.4) is 0 Å². The van der Waals surface area contributed by atoms with Crippen molar-refractivity contribution in [3.05, 3.63) is 12.0 Å². The smallest absolute Gasteiger partial charge is 0.147 e. The molecular formula is C7H11N3O. The molecule has 2 rings (SSSR count). The average molecular weight is 153 g/mol. The van der Waals surface area contributed by atoms with E-state index in [4.69, 9.17) is 0 Å². The first kappa shape index (κ1) is 6.79. The third-order valence-corrected chi connectivity index (χ3v) is 2.13. The van der Waals surface area contributed by atoms with Crippen LogP contribution in [0.25, 0.3) is 0 Å². The summed E-state index contributed by atoms with van der Waals surface area (Å²) in [6.45, 7) is 2.16. The minimum absolute atomic E-state index is 0.558. The number of nitrogens with one attached hydrogen (secondary N) is 1. The lowest BCUT2D eigenvalue weighted by atomic mass is 9.95. The summed E-state index contributed by atoms with van der Waals surface area (Å²) in [5.41, 5.74) is 1.01. The Hall–Kier alpha value is -0.900. The standard InChI is InChI=1S/C7H11N3O/c1-3-8-4-2-6(1)7-5-11-10-9-7/h5-6,8H,1-4H2. The second kappa shape index (κ2) is 3.00. The first-order chi connectivity index (χ1) is 5.47. The lowest BCUT2D eigenvalue weighted by molar-refractivity contribution is 0.392. The first-order valence-corrected chi connectivity index (χ1v) is 3.94. The molecule has 2 heterocycles. The topological polar surface area (TPSA) is 51.0 Å². The van der Waals surface area contributed by atoms with Crippen molar-refractivity contribution in [3.63, 3.8) is 0 Å². The van der Waals surface area contributed by atoms with E-state index in [1.54, 1.807) is 6.26 Å². The fourth-order valence-electron chi connectivity index (χ4n) is 1.47. The molecule has 0 aromatic carbocycles. The van der Waals surface area contributed by atoms with Gasteiger partial charge in [-0.05, 0) is 25.9 Å². The van der Waals surface area contributed by atoms with Crippen LogP contribution in [0.1, 0.15) is 24.5 Å². The SMILES string of the molecule is c1onnc1C1CCNCC1. The molecule has 0 aliphatic carbocycles. The Morgan fingerprint density at radius 2 is 2.27 bits per heavy atom. The Bertz CT molecular complexity index is 203. The molecule has 60 valence electrons. The van der Waals surface area contributed by atoms with Gasteiger partial charge in [0.2, 0.25) is 0 Å². The predicted molar refractivity (Wildman–Crippen MR) is 39.1 cm³/mol. The van der Waals surface area contributed by atoms with Gasteiger partial charge in [0.1, 0.15) is 12.0 Å². The van der Waals surface area contributed by atoms with Crippen LogP contribution in [0.5, 0.6) is 0 Å². The molecule has 0 saturated carbocycles. The number of nitrogens with zero attached hydrogens (tertiary/aromatic N) is 2. The van der Waals surface area contributed by atoms with Crippen molar-refractivity contribution in [2.75, 3.05) is 13.1 Å². The van der Waals surface area contributed by atoms with Gasteiger partial charge in [-0.1, -0.05) is 0 Å². The van der Waals surface area contributed by atoms with Crippen molar-refractivity contribution in [1.82, 2.24) is 15.7 Å². The molecule has 1 aliphatic rings. The number of hydrogen-bond donors (Lipinski definition) is 1. The second-order valence-corrected chi connectivity index (χ2v) is 2.85. The van der Waals surface area contributed by atoms with E-state index in [2.05, 4.69) is 20.2 Å². The summed E-state index contributed by atoms with van der Waals surface area (Å²) >= 11 is 0. The minimum atomic E-state index is 0.558. The van der Waals surface area contributed by atoms with Crippen LogP contribution in [0.15, 0.2) is 10.8 Å². The highest BCUT2D eigenvalue weighted by Gasteiger charge is 2.17. The summed E-state index contributed by atoms with van der Waals surface area (Å²) in [5.74, 6) is 0.558. The maximum atomic E-state index is 4.69. The zero-order valence-corrected chi connectivity index (χ0v) is 6.29. The van der Waals surface area contributed by atoms with Gasteiger partial charge in [-0.2, -0.15) is 0 Å². The van der Waals surface area contributed by atoms with Crippen LogP contribution in [0.4, 0.5) is 0 Å². The molecule has 0 bridgehead atoms. The van der Waals surface area contributed by atoms with Crippen molar-refractivity contribution < 1.29 is 4.52 Å². The summed E-state index contributed by atoms with van der Waals surface area (Å²) in [6, 6.07) is 0. The van der Waals surface area contributed by atoms with Crippen LogP contribution in [-0.4, -0.2) is 23.5 Å². The number of piperidine rings is 1. The van der Waals surface area contributed by atoms with Crippen molar-refractivity contribution in [2.45, 2.75) is 18.8 Å². The average Bonchev–Trinajstić information content (AvgIpc) is 2.58. The quantitative estimate of drug-likeness (QED) is 0.639. The zero-order valence-electron chi connectivity index (χ0n) is 6.29. The molecule has 1 fully saturated rings. The third-order valence-electron chi connectivity index (χ3n) is 2.13. The summed E-state index contributed by atoms with van der Waals surface area (Å²) in [4.78, 5) is 0. The fraction of sp³-hybridized carbons (Fsp3) is 0.714. The van der Waals surface area contributed by atoms with Gasteiger partial charge in [-0.15, -0.1) is 5.10 Å². The van der Waals surface area contributed by atoms with Crippen molar-refractivity contribution in [1.29, 1.82) is 0 Å². The first-order valence-electron chi connectivity index (χ1n) is 3.94. The highest BCUT2D eigenvalue weighted by atomic mass is 16.5. The molecule has 4 heteroatoms. The van der Waals surface area contributed by atoms with Crippen LogP contribution < -0.4 is 5.32 Å². The van der Waals surface area contributed by atoms with E-state index in [9.17, 15) is 0 Å². The molecule has 4 nitrogen and oxygen atoms in total. The van der Waals surface area contributed by atoms with Gasteiger partial charge in [0, 0.05) is 11.2 Å². The molecule has 1 aromatic heterocycles. The maximum absolute atomic E-state index is 4.69. The minimum Gasteiger partial charge on any atom is -0.345 e. The monoisotopic (exact) mass is 153 g/mol. The summed E-state index contributed by atoms with van der Waals surface area (Å²) in [5, 5.41) is 10.6. The highest BCUT2D eigenvalue weighted by molar-refractivity contribution is 5.00. The molecule has 0 spiro atoms. The Balaban J connectivity index is 2.04. The normalized spacial score (nSPS) is 20.4. The molecule has 1 saturated heterocycles. The summed E-state index contributed by atoms with van der Waals surface area (Å²) in [7, 11) is 0. The molecule has 0 unspecified atom stereocenters. The van der Waals surface area contributed by atoms with Gasteiger partial charge in [0.05, 0.1) is 0 Å². The molecule has 11 heavy (non-hydrogen) atoms. The maximum Gasteiger partial charge on any atom is 0.147 e. The Morgan fingerprint density at radius 1 is 1.45 bits per heavy atom. The Morgan fingerprint density at radius 3 is 2.91 bits per heavy atom. The van der Waals surface area contributed by atoms with Gasteiger partial charge >= 0.3 is 0 Å². The number of hydrogen-bond acceptors (Lipinski definition) is 4. The Labute approximate surface area is 65.0 Å². The summed E-state index contributed by atoms with van der Waals surface area (Å²) in [6.07, 6.45) is 3.94. The van der Waals surface area contributed by atoms with Gasteiger partial charge in [0.15, 0.2) is 0 Å². The van der Waals surface area contributed by atoms with Crippen molar-refractivity contribution in [2.24, 2.45) is 0 Å². The van der Waals surface area contributed by atoms with Gasteiger partial charge < -0.3 is 9.84 Å². The van der Waals surface area contributed by atoms with Crippen molar-refractivity contribution >= 4 is 0 Å². The van der Waals surface area contributed by atoms with E-state index in [0.29, 0.717) is 5.92 Å².